The molecule has 4 aliphatic rings. The third-order valence-electron chi connectivity index (χ3n) is 10.5. The van der Waals surface area contributed by atoms with Gasteiger partial charge in [0.15, 0.2) is 11.6 Å². The minimum Gasteiger partial charge on any atom is -0.301 e. The van der Waals surface area contributed by atoms with Crippen molar-refractivity contribution in [3.63, 3.8) is 0 Å². The molecule has 0 bridgehead atoms. The fourth-order valence-corrected chi connectivity index (χ4v) is 10.1. The van der Waals surface area contributed by atoms with E-state index < -0.39 is 11.0 Å². The van der Waals surface area contributed by atoms with Gasteiger partial charge in [-0.05, 0) is 72.1 Å². The molecule has 0 N–H and O–H groups in total. The van der Waals surface area contributed by atoms with Crippen LogP contribution in [0.1, 0.15) is 52.2 Å². The summed E-state index contributed by atoms with van der Waals surface area (Å²) < 4.78 is 1.95. The van der Waals surface area contributed by atoms with E-state index in [4.69, 9.17) is 0 Å². The van der Waals surface area contributed by atoms with Gasteiger partial charge in [-0.3, -0.25) is 14.5 Å². The van der Waals surface area contributed by atoms with Crippen molar-refractivity contribution in [2.75, 3.05) is 26.7 Å². The SMILES string of the molecule is CN1C/C(=C\c2ccccc2Br)C(=O)C2(C1)[C@@H](c1ccccc1Br)[C@@H]1CCCCN1[C@@]21C(=O)c2cccc3cccc1c23. The summed E-state index contributed by atoms with van der Waals surface area (Å²) in [6.07, 6.45) is 5.11. The number of carbonyl (C=O) groups is 2. The predicted molar refractivity (Wildman–Crippen MR) is 178 cm³/mol. The van der Waals surface area contributed by atoms with Gasteiger partial charge in [0, 0.05) is 45.1 Å². The van der Waals surface area contributed by atoms with Crippen LogP contribution in [0.5, 0.6) is 0 Å². The maximum absolute atomic E-state index is 15.7. The van der Waals surface area contributed by atoms with E-state index in [-0.39, 0.29) is 23.5 Å². The molecule has 0 radical (unpaired) electrons. The molecule has 1 aliphatic carbocycles. The second-order valence-corrected chi connectivity index (χ2v) is 14.4. The van der Waals surface area contributed by atoms with Crippen molar-refractivity contribution in [1.82, 2.24) is 9.80 Å². The zero-order chi connectivity index (χ0) is 29.5. The van der Waals surface area contributed by atoms with Crippen LogP contribution in [0.15, 0.2) is 99.4 Å². The second kappa shape index (κ2) is 10.1. The summed E-state index contributed by atoms with van der Waals surface area (Å²) in [5.41, 5.74) is 2.49. The first kappa shape index (κ1) is 27.6. The van der Waals surface area contributed by atoms with Crippen molar-refractivity contribution in [1.29, 1.82) is 0 Å². The maximum Gasteiger partial charge on any atom is 0.189 e. The lowest BCUT2D eigenvalue weighted by Gasteiger charge is -2.52. The summed E-state index contributed by atoms with van der Waals surface area (Å²) in [5.74, 6) is 0.0223. The number of benzene rings is 4. The Balaban J connectivity index is 1.49. The number of likely N-dealkylation sites (N-methyl/N-ethyl adjacent to an activating group) is 1. The molecule has 3 aliphatic heterocycles. The minimum absolute atomic E-state index is 0.0566. The van der Waals surface area contributed by atoms with Crippen molar-refractivity contribution in [2.24, 2.45) is 5.41 Å². The molecular formula is C37H32Br2N2O2. The molecule has 3 fully saturated rings. The first-order chi connectivity index (χ1) is 20.9. The number of likely N-dealkylation sites (tertiary alicyclic amines) is 1. The number of carbonyl (C=O) groups excluding carboxylic acids is 2. The van der Waals surface area contributed by atoms with Crippen molar-refractivity contribution >= 4 is 60.3 Å². The zero-order valence-corrected chi connectivity index (χ0v) is 27.2. The van der Waals surface area contributed by atoms with Gasteiger partial charge in [0.2, 0.25) is 0 Å². The lowest BCUT2D eigenvalue weighted by Crippen LogP contribution is -2.65. The number of Topliss-reactive ketones (excluding diaryl/α,β-unsaturated/α-hetero) is 2. The standard InChI is InChI=1S/C37H32Br2N2O2/c1-40-21-25(20-24-10-2-4-16-29(24)38)34(42)36(22-40)33(26-13-3-5-17-30(26)39)31-18-6-7-19-41(31)37(36)28-15-9-12-23-11-8-14-27(32(23)28)35(37)43/h2-5,8-17,20,31,33H,6-7,18-19,21-22H2,1H3/b25-20+/t31-,33-,36?,37-/m0/s1. The topological polar surface area (TPSA) is 40.6 Å². The molecule has 1 unspecified atom stereocenters. The Hall–Kier alpha value is -2.90. The van der Waals surface area contributed by atoms with Gasteiger partial charge in [0.1, 0.15) is 5.54 Å². The number of rotatable bonds is 2. The summed E-state index contributed by atoms with van der Waals surface area (Å²) in [6.45, 7) is 1.84. The van der Waals surface area contributed by atoms with Crippen LogP contribution in [0, 0.1) is 5.41 Å². The van der Waals surface area contributed by atoms with Gasteiger partial charge in [-0.2, -0.15) is 0 Å². The van der Waals surface area contributed by atoms with Crippen LogP contribution in [0.2, 0.25) is 0 Å². The smallest absolute Gasteiger partial charge is 0.189 e. The summed E-state index contributed by atoms with van der Waals surface area (Å²) in [4.78, 5) is 35.9. The molecule has 8 rings (SSSR count). The molecular weight excluding hydrogens is 664 g/mol. The Morgan fingerprint density at radius 1 is 0.837 bits per heavy atom. The first-order valence-corrected chi connectivity index (χ1v) is 16.7. The quantitative estimate of drug-likeness (QED) is 0.200. The van der Waals surface area contributed by atoms with Crippen LogP contribution in [-0.2, 0) is 10.3 Å². The van der Waals surface area contributed by atoms with Gasteiger partial charge in [-0.1, -0.05) is 111 Å². The van der Waals surface area contributed by atoms with Gasteiger partial charge in [0.25, 0.3) is 0 Å². The fraction of sp³-hybridized carbons (Fsp3) is 0.297. The molecule has 4 atom stereocenters. The first-order valence-electron chi connectivity index (χ1n) is 15.2. The van der Waals surface area contributed by atoms with Crippen molar-refractivity contribution < 1.29 is 9.59 Å². The number of halogens is 2. The number of piperidine rings is 2. The highest BCUT2D eigenvalue weighted by molar-refractivity contribution is 9.10. The third-order valence-corrected chi connectivity index (χ3v) is 12.0. The highest BCUT2D eigenvalue weighted by atomic mass is 79.9. The lowest BCUT2D eigenvalue weighted by atomic mass is 9.54. The van der Waals surface area contributed by atoms with E-state index in [1.54, 1.807) is 0 Å². The van der Waals surface area contributed by atoms with E-state index >= 15 is 9.59 Å². The Morgan fingerprint density at radius 3 is 2.37 bits per heavy atom. The Morgan fingerprint density at radius 2 is 1.58 bits per heavy atom. The van der Waals surface area contributed by atoms with Gasteiger partial charge in [-0.25, -0.2) is 0 Å². The van der Waals surface area contributed by atoms with E-state index in [0.717, 1.165) is 73.4 Å². The van der Waals surface area contributed by atoms with Crippen LogP contribution in [0.4, 0.5) is 0 Å². The molecule has 0 aromatic heterocycles. The summed E-state index contributed by atoms with van der Waals surface area (Å²) in [6, 6.07) is 28.9. The molecule has 0 saturated carbocycles. The van der Waals surface area contributed by atoms with Crippen molar-refractivity contribution in [3.8, 4) is 0 Å². The predicted octanol–water partition coefficient (Wildman–Crippen LogP) is 7.99. The molecule has 43 heavy (non-hydrogen) atoms. The van der Waals surface area contributed by atoms with E-state index in [0.29, 0.717) is 13.1 Å². The molecule has 2 spiro atoms. The van der Waals surface area contributed by atoms with Gasteiger partial charge in [0.05, 0.1) is 5.41 Å². The Kier molecular flexibility index (Phi) is 6.47. The van der Waals surface area contributed by atoms with Crippen LogP contribution in [0.25, 0.3) is 16.8 Å². The van der Waals surface area contributed by atoms with Crippen molar-refractivity contribution in [3.05, 3.63) is 122 Å². The van der Waals surface area contributed by atoms with Gasteiger partial charge in [-0.15, -0.1) is 0 Å². The minimum atomic E-state index is -1.10. The molecule has 0 amide bonds. The average molecular weight is 696 g/mol. The third kappa shape index (κ3) is 3.61. The number of hydrogen-bond donors (Lipinski definition) is 0. The van der Waals surface area contributed by atoms with Crippen molar-refractivity contribution in [2.45, 2.75) is 36.8 Å². The lowest BCUT2D eigenvalue weighted by molar-refractivity contribution is -0.134. The normalized spacial score (nSPS) is 29.8. The van der Waals surface area contributed by atoms with E-state index in [1.807, 2.05) is 42.5 Å². The molecule has 4 aromatic rings. The van der Waals surface area contributed by atoms with E-state index in [1.165, 1.54) is 0 Å². The van der Waals surface area contributed by atoms with E-state index in [9.17, 15) is 0 Å². The summed E-state index contributed by atoms with van der Waals surface area (Å²) in [7, 11) is 2.11. The van der Waals surface area contributed by atoms with Crippen LogP contribution < -0.4 is 0 Å². The number of hydrogen-bond acceptors (Lipinski definition) is 4. The number of fused-ring (bicyclic) bond motifs is 4. The van der Waals surface area contributed by atoms with Crippen LogP contribution in [0.3, 0.4) is 0 Å². The largest absolute Gasteiger partial charge is 0.301 e. The molecule has 216 valence electrons. The fourth-order valence-electron chi connectivity index (χ4n) is 9.22. The Bertz CT molecular complexity index is 1860. The summed E-state index contributed by atoms with van der Waals surface area (Å²) in [5, 5.41) is 2.08. The monoisotopic (exact) mass is 694 g/mol. The zero-order valence-electron chi connectivity index (χ0n) is 24.0. The average Bonchev–Trinajstić information content (AvgIpc) is 3.42. The highest BCUT2D eigenvalue weighted by Gasteiger charge is 2.77. The molecule has 3 heterocycles. The molecule has 4 aromatic carbocycles. The number of ketones is 2. The van der Waals surface area contributed by atoms with Crippen LogP contribution >= 0.6 is 31.9 Å². The Labute approximate surface area is 269 Å². The van der Waals surface area contributed by atoms with E-state index in [2.05, 4.69) is 97.2 Å². The summed E-state index contributed by atoms with van der Waals surface area (Å²) >= 11 is 7.62. The second-order valence-electron chi connectivity index (χ2n) is 12.7. The van der Waals surface area contributed by atoms with Gasteiger partial charge >= 0.3 is 0 Å². The molecule has 6 heteroatoms. The highest BCUT2D eigenvalue weighted by Crippen LogP contribution is 2.69. The molecule has 4 nitrogen and oxygen atoms in total. The molecule has 3 saturated heterocycles. The van der Waals surface area contributed by atoms with Gasteiger partial charge < -0.3 is 4.90 Å². The number of nitrogens with zero attached hydrogens (tertiary/aromatic N) is 2. The maximum atomic E-state index is 15.7. The van der Waals surface area contributed by atoms with Crippen LogP contribution in [-0.4, -0.2) is 54.1 Å².